The van der Waals surface area contributed by atoms with Gasteiger partial charge < -0.3 is 24.6 Å². The maximum absolute atomic E-state index is 12.3. The fraction of sp³-hybridized carbons (Fsp3) is 0.381. The fourth-order valence-corrected chi connectivity index (χ4v) is 3.56. The Morgan fingerprint density at radius 2 is 1.96 bits per heavy atom. The molecular formula is C21H24ClNO5. The molecule has 0 aliphatic carbocycles. The molecule has 6 nitrogen and oxygen atoms in total. The Morgan fingerprint density at radius 1 is 1.14 bits per heavy atom. The van der Waals surface area contributed by atoms with E-state index in [4.69, 9.17) is 30.9 Å². The van der Waals surface area contributed by atoms with E-state index in [-0.39, 0.29) is 31.5 Å². The van der Waals surface area contributed by atoms with E-state index in [9.17, 15) is 4.79 Å². The summed E-state index contributed by atoms with van der Waals surface area (Å²) >= 11 is 6.56. The van der Waals surface area contributed by atoms with Crippen LogP contribution >= 0.6 is 11.6 Å². The quantitative estimate of drug-likeness (QED) is 0.694. The molecule has 0 saturated carbocycles. The van der Waals surface area contributed by atoms with Crippen molar-refractivity contribution in [2.45, 2.75) is 25.7 Å². The summed E-state index contributed by atoms with van der Waals surface area (Å²) in [7, 11) is 1.58. The zero-order chi connectivity index (χ0) is 20.1. The minimum Gasteiger partial charge on any atom is -0.493 e. The van der Waals surface area contributed by atoms with Crippen molar-refractivity contribution in [3.05, 3.63) is 46.5 Å². The first kappa shape index (κ1) is 20.3. The van der Waals surface area contributed by atoms with Crippen LogP contribution in [0.1, 0.15) is 36.8 Å². The summed E-state index contributed by atoms with van der Waals surface area (Å²) in [6, 6.07) is 9.09. The SMILES string of the molecule is CCCOc1cc(Cl)c(C2CC(=O)Nc3cc(OCCO)ccc32)cc1OC. The highest BCUT2D eigenvalue weighted by Crippen LogP contribution is 2.44. The van der Waals surface area contributed by atoms with Crippen LogP contribution in [0.4, 0.5) is 5.69 Å². The number of rotatable bonds is 8. The molecular weight excluding hydrogens is 382 g/mol. The molecule has 1 heterocycles. The van der Waals surface area contributed by atoms with Crippen LogP contribution in [0.25, 0.3) is 0 Å². The van der Waals surface area contributed by atoms with E-state index in [1.807, 2.05) is 25.1 Å². The summed E-state index contributed by atoms with van der Waals surface area (Å²) in [4.78, 5) is 12.3. The van der Waals surface area contributed by atoms with Crippen molar-refractivity contribution in [2.24, 2.45) is 0 Å². The lowest BCUT2D eigenvalue weighted by Crippen LogP contribution is -2.23. The number of methoxy groups -OCH3 is 1. The van der Waals surface area contributed by atoms with Gasteiger partial charge in [0.05, 0.1) is 20.3 Å². The Bertz CT molecular complexity index is 855. The van der Waals surface area contributed by atoms with Crippen LogP contribution in [0, 0.1) is 0 Å². The lowest BCUT2D eigenvalue weighted by Gasteiger charge is -2.27. The van der Waals surface area contributed by atoms with Gasteiger partial charge in [-0.2, -0.15) is 0 Å². The first-order valence-corrected chi connectivity index (χ1v) is 9.62. The number of nitrogens with one attached hydrogen (secondary N) is 1. The molecule has 1 aliphatic heterocycles. The molecule has 1 atom stereocenters. The molecule has 2 aromatic rings. The lowest BCUT2D eigenvalue weighted by molar-refractivity contribution is -0.116. The number of halogens is 1. The Labute approximate surface area is 169 Å². The number of fused-ring (bicyclic) bond motifs is 1. The molecule has 0 spiro atoms. The number of amides is 1. The summed E-state index contributed by atoms with van der Waals surface area (Å²) in [5, 5.41) is 12.3. The van der Waals surface area contributed by atoms with Gasteiger partial charge in [-0.15, -0.1) is 0 Å². The molecule has 2 aromatic carbocycles. The molecule has 0 fully saturated rings. The van der Waals surface area contributed by atoms with Gasteiger partial charge in [0.1, 0.15) is 12.4 Å². The Hall–Kier alpha value is -2.44. The molecule has 1 aliphatic rings. The lowest BCUT2D eigenvalue weighted by atomic mass is 9.84. The number of hydrogen-bond acceptors (Lipinski definition) is 5. The molecule has 1 amide bonds. The van der Waals surface area contributed by atoms with Crippen molar-refractivity contribution in [3.63, 3.8) is 0 Å². The molecule has 1 unspecified atom stereocenters. The third kappa shape index (κ3) is 4.34. The van der Waals surface area contributed by atoms with Crippen molar-refractivity contribution in [3.8, 4) is 17.2 Å². The van der Waals surface area contributed by atoms with Crippen LogP contribution < -0.4 is 19.5 Å². The molecule has 0 radical (unpaired) electrons. The topological polar surface area (TPSA) is 77.0 Å². The zero-order valence-corrected chi connectivity index (χ0v) is 16.7. The third-order valence-electron chi connectivity index (χ3n) is 4.54. The summed E-state index contributed by atoms with van der Waals surface area (Å²) in [6.45, 7) is 2.71. The molecule has 3 rings (SSSR count). The van der Waals surface area contributed by atoms with E-state index in [1.54, 1.807) is 19.2 Å². The van der Waals surface area contributed by atoms with E-state index in [0.717, 1.165) is 17.5 Å². The van der Waals surface area contributed by atoms with E-state index < -0.39 is 0 Å². The summed E-state index contributed by atoms with van der Waals surface area (Å²) in [6.07, 6.45) is 1.15. The van der Waals surface area contributed by atoms with Gasteiger partial charge in [0, 0.05) is 35.2 Å². The van der Waals surface area contributed by atoms with Crippen molar-refractivity contribution in [2.75, 3.05) is 32.2 Å². The number of hydrogen-bond donors (Lipinski definition) is 2. The smallest absolute Gasteiger partial charge is 0.225 e. The Morgan fingerprint density at radius 3 is 2.68 bits per heavy atom. The highest BCUT2D eigenvalue weighted by Gasteiger charge is 2.29. The molecule has 0 saturated heterocycles. The van der Waals surface area contributed by atoms with Gasteiger partial charge in [0.2, 0.25) is 5.91 Å². The van der Waals surface area contributed by atoms with Gasteiger partial charge in [-0.3, -0.25) is 4.79 Å². The summed E-state index contributed by atoms with van der Waals surface area (Å²) in [5.74, 6) is 1.45. The first-order chi connectivity index (χ1) is 13.6. The van der Waals surface area contributed by atoms with Gasteiger partial charge >= 0.3 is 0 Å². The van der Waals surface area contributed by atoms with E-state index >= 15 is 0 Å². The number of anilines is 1. The normalized spacial score (nSPS) is 15.6. The number of carbonyl (C=O) groups is 1. The number of aliphatic hydroxyl groups is 1. The third-order valence-corrected chi connectivity index (χ3v) is 4.87. The van der Waals surface area contributed by atoms with Gasteiger partial charge in [0.25, 0.3) is 0 Å². The predicted molar refractivity (Wildman–Crippen MR) is 108 cm³/mol. The number of benzene rings is 2. The fourth-order valence-electron chi connectivity index (χ4n) is 3.28. The van der Waals surface area contributed by atoms with E-state index in [2.05, 4.69) is 5.32 Å². The summed E-state index contributed by atoms with van der Waals surface area (Å²) < 4.78 is 16.6. The Kier molecular flexibility index (Phi) is 6.65. The maximum atomic E-state index is 12.3. The van der Waals surface area contributed by atoms with Crippen molar-refractivity contribution < 1.29 is 24.1 Å². The van der Waals surface area contributed by atoms with Crippen LogP contribution in [0.15, 0.2) is 30.3 Å². The second-order valence-electron chi connectivity index (χ2n) is 6.50. The van der Waals surface area contributed by atoms with E-state index in [1.165, 1.54) is 0 Å². The van der Waals surface area contributed by atoms with Gasteiger partial charge in [0.15, 0.2) is 11.5 Å². The van der Waals surface area contributed by atoms with Gasteiger partial charge in [-0.25, -0.2) is 0 Å². The second kappa shape index (κ2) is 9.17. The second-order valence-corrected chi connectivity index (χ2v) is 6.91. The largest absolute Gasteiger partial charge is 0.493 e. The molecule has 0 bridgehead atoms. The number of ether oxygens (including phenoxy) is 3. The van der Waals surface area contributed by atoms with Crippen molar-refractivity contribution in [1.82, 2.24) is 0 Å². The van der Waals surface area contributed by atoms with E-state index in [0.29, 0.717) is 34.6 Å². The molecule has 7 heteroatoms. The van der Waals surface area contributed by atoms with Gasteiger partial charge in [-0.1, -0.05) is 24.6 Å². The van der Waals surface area contributed by atoms with Crippen LogP contribution in [-0.4, -0.2) is 37.9 Å². The number of carbonyl (C=O) groups excluding carboxylic acids is 1. The predicted octanol–water partition coefficient (Wildman–Crippen LogP) is 3.98. The average Bonchev–Trinajstić information content (AvgIpc) is 2.69. The van der Waals surface area contributed by atoms with Crippen LogP contribution in [-0.2, 0) is 4.79 Å². The molecule has 28 heavy (non-hydrogen) atoms. The summed E-state index contributed by atoms with van der Waals surface area (Å²) in [5.41, 5.74) is 2.43. The van der Waals surface area contributed by atoms with Crippen LogP contribution in [0.2, 0.25) is 5.02 Å². The highest BCUT2D eigenvalue weighted by atomic mass is 35.5. The number of aliphatic hydroxyl groups excluding tert-OH is 1. The minimum absolute atomic E-state index is 0.0755. The van der Waals surface area contributed by atoms with Crippen molar-refractivity contribution in [1.29, 1.82) is 0 Å². The van der Waals surface area contributed by atoms with Crippen molar-refractivity contribution >= 4 is 23.2 Å². The highest BCUT2D eigenvalue weighted by molar-refractivity contribution is 6.31. The standard InChI is InChI=1S/C21H24ClNO5/c1-3-7-28-20-12-17(22)16(10-19(20)26-2)15-11-21(25)23-18-9-13(27-8-6-24)4-5-14(15)18/h4-5,9-10,12,15,24H,3,6-8,11H2,1-2H3,(H,23,25). The molecule has 2 N–H and O–H groups in total. The van der Waals surface area contributed by atoms with Crippen LogP contribution in [0.3, 0.4) is 0 Å². The van der Waals surface area contributed by atoms with Crippen LogP contribution in [0.5, 0.6) is 17.2 Å². The average molecular weight is 406 g/mol. The molecule has 150 valence electrons. The first-order valence-electron chi connectivity index (χ1n) is 9.25. The molecule has 0 aromatic heterocycles. The maximum Gasteiger partial charge on any atom is 0.225 e. The van der Waals surface area contributed by atoms with Gasteiger partial charge in [-0.05, 0) is 29.7 Å². The minimum atomic E-state index is -0.211. The monoisotopic (exact) mass is 405 g/mol. The zero-order valence-electron chi connectivity index (χ0n) is 16.0. The Balaban J connectivity index is 1.99.